The summed E-state index contributed by atoms with van der Waals surface area (Å²) >= 11 is 6.19. The van der Waals surface area contributed by atoms with Crippen molar-refractivity contribution in [1.29, 1.82) is 0 Å². The van der Waals surface area contributed by atoms with Crippen LogP contribution < -0.4 is 4.90 Å². The second-order valence-corrected chi connectivity index (χ2v) is 12.1. The number of aromatic nitrogens is 6. The van der Waals surface area contributed by atoms with Crippen LogP contribution in [0, 0.1) is 5.92 Å². The lowest BCUT2D eigenvalue weighted by molar-refractivity contribution is -0.137. The van der Waals surface area contributed by atoms with Crippen molar-refractivity contribution in [3.63, 3.8) is 0 Å². The summed E-state index contributed by atoms with van der Waals surface area (Å²) in [4.78, 5) is 16.7. The molecular formula is C28H36ClF2N9. The molecule has 1 aliphatic heterocycles. The number of nitrogens with zero attached hydrogens (tertiary/aromatic N) is 9. The largest absolute Gasteiger partial charge is 0.349 e. The van der Waals surface area contributed by atoms with Crippen molar-refractivity contribution in [1.82, 2.24) is 38.9 Å². The van der Waals surface area contributed by atoms with Gasteiger partial charge in [-0.25, -0.2) is 18.2 Å². The van der Waals surface area contributed by atoms with Crippen LogP contribution in [0.4, 0.5) is 14.6 Å². The predicted molar refractivity (Wildman–Crippen MR) is 152 cm³/mol. The summed E-state index contributed by atoms with van der Waals surface area (Å²) in [6.07, 6.45) is 4.26. The van der Waals surface area contributed by atoms with E-state index in [1.165, 1.54) is 0 Å². The van der Waals surface area contributed by atoms with Crippen LogP contribution in [0.3, 0.4) is 0 Å². The van der Waals surface area contributed by atoms with Gasteiger partial charge in [-0.15, -0.1) is 10.2 Å². The van der Waals surface area contributed by atoms with E-state index in [0.29, 0.717) is 17.3 Å². The summed E-state index contributed by atoms with van der Waals surface area (Å²) in [5, 5.41) is 9.06. The van der Waals surface area contributed by atoms with Crippen molar-refractivity contribution in [2.75, 3.05) is 38.6 Å². The first-order chi connectivity index (χ1) is 19.1. The van der Waals surface area contributed by atoms with Gasteiger partial charge in [-0.05, 0) is 51.1 Å². The van der Waals surface area contributed by atoms with Crippen LogP contribution in [-0.4, -0.2) is 90.7 Å². The van der Waals surface area contributed by atoms with Gasteiger partial charge in [0.25, 0.3) is 5.78 Å². The SMILES string of the molecule is CC[C@@H]1CN(c2nc3nncn3c3c2ncn3CCN(C)C)[C@@H](C)CN1C(c1ccc(Cl)cc1)C1CC(F)(F)C1. The molecule has 9 nitrogen and oxygen atoms in total. The van der Waals surface area contributed by atoms with Gasteiger partial charge in [-0.2, -0.15) is 4.98 Å². The third-order valence-corrected chi connectivity index (χ3v) is 8.79. The fraction of sp³-hybridized carbons (Fsp3) is 0.571. The highest BCUT2D eigenvalue weighted by Crippen LogP contribution is 2.51. The average molecular weight is 572 g/mol. The minimum absolute atomic E-state index is 0.0752. The van der Waals surface area contributed by atoms with Gasteiger partial charge >= 0.3 is 0 Å². The van der Waals surface area contributed by atoms with Gasteiger partial charge in [0, 0.05) is 62.2 Å². The van der Waals surface area contributed by atoms with Crippen molar-refractivity contribution in [3.05, 3.63) is 47.5 Å². The fourth-order valence-corrected chi connectivity index (χ4v) is 6.58. The summed E-state index contributed by atoms with van der Waals surface area (Å²) in [6.45, 7) is 7.42. The minimum atomic E-state index is -2.58. The Hall–Kier alpha value is -2.89. The number of imidazole rings is 1. The highest BCUT2D eigenvalue weighted by molar-refractivity contribution is 6.30. The molecule has 40 heavy (non-hydrogen) atoms. The van der Waals surface area contributed by atoms with E-state index in [2.05, 4.69) is 57.4 Å². The molecule has 2 aliphatic rings. The lowest BCUT2D eigenvalue weighted by atomic mass is 9.73. The number of fused-ring (bicyclic) bond motifs is 3. The molecule has 1 unspecified atom stereocenters. The standard InChI is InChI=1S/C28H36ClF2N9/c1-5-22-15-38(25-23-26(40-17-33-35-27(40)34-25)37(16-32-23)11-10-36(3)4)18(2)14-39(22)24(20-12-28(30,31)13-20)19-6-8-21(29)9-7-19/h6-9,16-18,20,22,24H,5,10-15H2,1-4H3/t18-,22+,24?/m0/s1. The zero-order valence-corrected chi connectivity index (χ0v) is 24.1. The van der Waals surface area contributed by atoms with Gasteiger partial charge in [0.2, 0.25) is 5.92 Å². The van der Waals surface area contributed by atoms with Crippen LogP contribution in [0.15, 0.2) is 36.9 Å². The highest BCUT2D eigenvalue weighted by atomic mass is 35.5. The third kappa shape index (κ3) is 4.92. The number of alkyl halides is 2. The molecule has 1 saturated carbocycles. The Labute approximate surface area is 237 Å². The minimum Gasteiger partial charge on any atom is -0.349 e. The lowest BCUT2D eigenvalue weighted by Crippen LogP contribution is -2.60. The van der Waals surface area contributed by atoms with E-state index >= 15 is 0 Å². The van der Waals surface area contributed by atoms with Crippen molar-refractivity contribution < 1.29 is 8.78 Å². The molecule has 6 rings (SSSR count). The molecular weight excluding hydrogens is 536 g/mol. The molecule has 0 bridgehead atoms. The Morgan fingerprint density at radius 3 is 2.55 bits per heavy atom. The maximum Gasteiger partial charge on any atom is 0.258 e. The van der Waals surface area contributed by atoms with Gasteiger partial charge in [-0.1, -0.05) is 30.7 Å². The van der Waals surface area contributed by atoms with E-state index in [-0.39, 0.29) is 36.9 Å². The molecule has 4 aromatic rings. The third-order valence-electron chi connectivity index (χ3n) is 8.54. The van der Waals surface area contributed by atoms with Gasteiger partial charge in [0.05, 0.1) is 6.33 Å². The molecule has 0 amide bonds. The van der Waals surface area contributed by atoms with Crippen LogP contribution in [0.25, 0.3) is 16.9 Å². The summed E-state index contributed by atoms with van der Waals surface area (Å²) in [5.41, 5.74) is 2.79. The maximum atomic E-state index is 14.1. The summed E-state index contributed by atoms with van der Waals surface area (Å²) in [7, 11) is 4.10. The Morgan fingerprint density at radius 1 is 1.12 bits per heavy atom. The topological polar surface area (TPSA) is 70.6 Å². The predicted octanol–water partition coefficient (Wildman–Crippen LogP) is 4.76. The number of hydrogen-bond donors (Lipinski definition) is 0. The van der Waals surface area contributed by atoms with Crippen molar-refractivity contribution >= 4 is 34.4 Å². The molecule has 4 heterocycles. The molecule has 3 atom stereocenters. The number of halogens is 3. The molecule has 12 heteroatoms. The molecule has 0 N–H and O–H groups in total. The van der Waals surface area contributed by atoms with Crippen LogP contribution in [-0.2, 0) is 6.54 Å². The van der Waals surface area contributed by atoms with E-state index in [0.717, 1.165) is 48.6 Å². The molecule has 1 aliphatic carbocycles. The Morgan fingerprint density at radius 2 is 1.88 bits per heavy atom. The average Bonchev–Trinajstić information content (AvgIpc) is 3.54. The molecule has 1 aromatic carbocycles. The van der Waals surface area contributed by atoms with Crippen molar-refractivity contribution in [2.24, 2.45) is 5.92 Å². The van der Waals surface area contributed by atoms with E-state index in [1.54, 1.807) is 6.33 Å². The van der Waals surface area contributed by atoms with Gasteiger partial charge < -0.3 is 14.4 Å². The second-order valence-electron chi connectivity index (χ2n) is 11.6. The molecule has 3 aromatic heterocycles. The van der Waals surface area contributed by atoms with Gasteiger partial charge in [0.15, 0.2) is 11.5 Å². The van der Waals surface area contributed by atoms with Crippen LogP contribution in [0.5, 0.6) is 0 Å². The van der Waals surface area contributed by atoms with E-state index in [4.69, 9.17) is 21.6 Å². The Kier molecular flexibility index (Phi) is 7.16. The molecule has 214 valence electrons. The van der Waals surface area contributed by atoms with E-state index in [9.17, 15) is 8.78 Å². The maximum absolute atomic E-state index is 14.1. The first kappa shape index (κ1) is 27.3. The summed E-state index contributed by atoms with van der Waals surface area (Å²) < 4.78 is 32.2. The number of rotatable bonds is 8. The first-order valence-corrected chi connectivity index (χ1v) is 14.4. The zero-order chi connectivity index (χ0) is 28.2. The Bertz CT molecular complexity index is 1480. The van der Waals surface area contributed by atoms with Crippen LogP contribution in [0.2, 0.25) is 5.02 Å². The van der Waals surface area contributed by atoms with Crippen LogP contribution >= 0.6 is 11.6 Å². The van der Waals surface area contributed by atoms with Gasteiger partial charge in [0.1, 0.15) is 11.8 Å². The molecule has 2 fully saturated rings. The van der Waals surface area contributed by atoms with Gasteiger partial charge in [-0.3, -0.25) is 4.90 Å². The fourth-order valence-electron chi connectivity index (χ4n) is 6.45. The van der Waals surface area contributed by atoms with E-state index < -0.39 is 5.92 Å². The summed E-state index contributed by atoms with van der Waals surface area (Å²) in [5.74, 6) is -1.36. The molecule has 0 radical (unpaired) electrons. The highest BCUT2D eigenvalue weighted by Gasteiger charge is 2.51. The van der Waals surface area contributed by atoms with Crippen molar-refractivity contribution in [2.45, 2.75) is 63.7 Å². The number of likely N-dealkylation sites (N-methyl/N-ethyl adjacent to an activating group) is 1. The van der Waals surface area contributed by atoms with E-state index in [1.807, 2.05) is 35.0 Å². The smallest absolute Gasteiger partial charge is 0.258 e. The number of anilines is 1. The lowest BCUT2D eigenvalue weighted by Gasteiger charge is -2.53. The molecule has 0 spiro atoms. The normalized spacial score (nSPS) is 22.9. The first-order valence-electron chi connectivity index (χ1n) is 14.0. The quantitative estimate of drug-likeness (QED) is 0.302. The molecule has 1 saturated heterocycles. The second kappa shape index (κ2) is 10.5. The number of hydrogen-bond acceptors (Lipinski definition) is 7. The summed E-state index contributed by atoms with van der Waals surface area (Å²) in [6, 6.07) is 7.85. The Balaban J connectivity index is 1.35. The number of benzene rings is 1. The zero-order valence-electron chi connectivity index (χ0n) is 23.4. The van der Waals surface area contributed by atoms with Crippen molar-refractivity contribution in [3.8, 4) is 0 Å². The number of piperazine rings is 1. The monoisotopic (exact) mass is 571 g/mol. The van der Waals surface area contributed by atoms with Crippen LogP contribution in [0.1, 0.15) is 44.7 Å².